The zero-order valence-corrected chi connectivity index (χ0v) is 60.4. The molecule has 6 fully saturated rings. The molecule has 0 bridgehead atoms. The van der Waals surface area contributed by atoms with E-state index >= 15 is 0 Å². The maximum atomic E-state index is 13.3. The molecule has 5 N–H and O–H groups in total. The summed E-state index contributed by atoms with van der Waals surface area (Å²) in [6.45, 7) is 31.3. The van der Waals surface area contributed by atoms with E-state index in [4.69, 9.17) is 43.6 Å². The molecule has 18 heteroatoms. The van der Waals surface area contributed by atoms with Crippen molar-refractivity contribution in [3.8, 4) is 34.5 Å². The van der Waals surface area contributed by atoms with E-state index in [1.54, 1.807) is 28.2 Å². The summed E-state index contributed by atoms with van der Waals surface area (Å²) >= 11 is 0. The Morgan fingerprint density at radius 1 is 0.516 bits per heavy atom. The number of ether oxygens (including phenoxy) is 8. The van der Waals surface area contributed by atoms with Crippen LogP contribution in [0.25, 0.3) is 0 Å². The van der Waals surface area contributed by atoms with Crippen LogP contribution in [0.2, 0.25) is 6.82 Å². The van der Waals surface area contributed by atoms with Crippen molar-refractivity contribution in [2.24, 2.45) is 70.8 Å². The number of fused-ring (bicyclic) bond motifs is 9. The minimum Gasteiger partial charge on any atom is -0.493 e. The molecular formula is C77H120BN5O12. The summed E-state index contributed by atoms with van der Waals surface area (Å²) < 4.78 is 47.7. The van der Waals surface area contributed by atoms with Gasteiger partial charge < -0.3 is 59.0 Å². The Hall–Kier alpha value is -4.82. The van der Waals surface area contributed by atoms with Gasteiger partial charge in [-0.3, -0.25) is 24.3 Å². The summed E-state index contributed by atoms with van der Waals surface area (Å²) in [6, 6.07) is 12.6. The monoisotopic (exact) mass is 1320 g/mol. The van der Waals surface area contributed by atoms with Crippen LogP contribution >= 0.6 is 0 Å². The fourth-order valence-electron chi connectivity index (χ4n) is 15.9. The van der Waals surface area contributed by atoms with Crippen molar-refractivity contribution in [2.75, 3.05) is 80.4 Å². The number of hydrogen-bond donors (Lipinski definition) is 4. The highest BCUT2D eigenvalue weighted by Crippen LogP contribution is 2.49. The van der Waals surface area contributed by atoms with Gasteiger partial charge in [0.05, 0.1) is 47.3 Å². The molecular weight excluding hydrogens is 1200 g/mol. The molecule has 3 aromatic rings. The predicted octanol–water partition coefficient (Wildman–Crippen LogP) is 12.2. The van der Waals surface area contributed by atoms with Crippen molar-refractivity contribution in [2.45, 2.75) is 221 Å². The number of esters is 2. The lowest BCUT2D eigenvalue weighted by Crippen LogP contribution is -2.53. The number of aliphatic hydroxyl groups is 1. The first-order valence-corrected chi connectivity index (χ1v) is 37.0. The van der Waals surface area contributed by atoms with E-state index in [1.807, 2.05) is 27.7 Å². The topological polar surface area (TPSA) is 196 Å². The zero-order valence-electron chi connectivity index (χ0n) is 60.4. The van der Waals surface area contributed by atoms with E-state index < -0.39 is 19.1 Å². The van der Waals surface area contributed by atoms with Crippen LogP contribution in [-0.4, -0.2) is 155 Å². The Morgan fingerprint density at radius 2 is 0.863 bits per heavy atom. The summed E-state index contributed by atoms with van der Waals surface area (Å²) in [4.78, 5) is 33.7. The molecule has 0 unspecified atom stereocenters. The molecule has 0 aromatic heterocycles. The van der Waals surface area contributed by atoms with Crippen LogP contribution in [0, 0.1) is 65.1 Å². The molecule has 3 aromatic carbocycles. The van der Waals surface area contributed by atoms with Crippen molar-refractivity contribution in [1.29, 1.82) is 0 Å². The molecule has 6 heterocycles. The van der Waals surface area contributed by atoms with E-state index in [-0.39, 0.29) is 60.1 Å². The van der Waals surface area contributed by atoms with Gasteiger partial charge in [0.2, 0.25) is 0 Å². The minimum absolute atomic E-state index is 0.0180. The lowest BCUT2D eigenvalue weighted by molar-refractivity contribution is -0.161. The Morgan fingerprint density at radius 3 is 1.19 bits per heavy atom. The van der Waals surface area contributed by atoms with Crippen LogP contribution in [0.3, 0.4) is 0 Å². The maximum Gasteiger partial charge on any atom is 0.374 e. The van der Waals surface area contributed by atoms with Crippen LogP contribution in [-0.2, 0) is 38.3 Å². The second-order valence-corrected chi connectivity index (χ2v) is 31.9. The van der Waals surface area contributed by atoms with E-state index in [9.17, 15) is 19.7 Å². The van der Waals surface area contributed by atoms with Gasteiger partial charge >= 0.3 is 19.0 Å². The summed E-state index contributed by atoms with van der Waals surface area (Å²) in [5.74, 6) is 9.40. The summed E-state index contributed by atoms with van der Waals surface area (Å²) in [5.41, 5.74) is 14.0. The average molecular weight is 1320 g/mol. The van der Waals surface area contributed by atoms with Crippen LogP contribution in [0.1, 0.15) is 198 Å². The van der Waals surface area contributed by atoms with E-state index in [0.717, 1.165) is 157 Å². The first-order chi connectivity index (χ1) is 45.5. The standard InChI is InChI=1S/C28H45BN2O5.C27H42N2O4.C22H33NO3/c1-17(2)11-21-15-31-10-9-20-12-26(35-16-19-7-8-19)25(34-6)13-22(20)23(31)14-24(21)36-28(32)27(18(3)4)30-29(5)33;1-16(2)10-20-14-29-9-8-19-11-25(32-15-18-6-7-18)24(31-5)12-21(19)22(29)13-23(20)33-27(30)26(28)17(3)4;1-14(2)8-17-12-23-7-6-16-9-22(26-13-15-4-5-15)21(25-3)10-18(16)19(23)11-20(17)24/h12-13,17-19,21,23-24,27,30,33H,7-11,14-16H2,1-6H3;11-12,16-18,20,22-23,26H,6-10,13-15,28H2,1-5H3;9-10,14-15,17,19-20,24H,4-8,11-13H2,1-3H3/t21-,23-,24-,27+;20-,22-,23-,26+;17-,19-,20-/m111/s1. The van der Waals surface area contributed by atoms with Crippen LogP contribution in [0.4, 0.5) is 0 Å². The molecule has 6 aliphatic heterocycles. The smallest absolute Gasteiger partial charge is 0.374 e. The van der Waals surface area contributed by atoms with Gasteiger partial charge in [-0.1, -0.05) is 69.2 Å². The van der Waals surface area contributed by atoms with Crippen LogP contribution < -0.4 is 39.4 Å². The van der Waals surface area contributed by atoms with Gasteiger partial charge in [-0.15, -0.1) is 0 Å². The molecule has 528 valence electrons. The summed E-state index contributed by atoms with van der Waals surface area (Å²) in [5, 5.41) is 23.6. The second-order valence-electron chi connectivity index (χ2n) is 31.9. The average Bonchev–Trinajstić information content (AvgIpc) is 1.78. The number of piperidine rings is 3. The summed E-state index contributed by atoms with van der Waals surface area (Å²) in [7, 11) is 4.37. The summed E-state index contributed by atoms with van der Waals surface area (Å²) in [6.07, 6.45) is 15.7. The number of hydrogen-bond acceptors (Lipinski definition) is 17. The minimum atomic E-state index is -0.771. The largest absolute Gasteiger partial charge is 0.493 e. The molecule has 0 spiro atoms. The first-order valence-electron chi connectivity index (χ1n) is 37.0. The molecule has 0 radical (unpaired) electrons. The highest BCUT2D eigenvalue weighted by Gasteiger charge is 2.45. The quantitative estimate of drug-likeness (QED) is 0.0437. The van der Waals surface area contributed by atoms with Gasteiger partial charge in [-0.25, -0.2) is 0 Å². The number of benzene rings is 3. The lowest BCUT2D eigenvalue weighted by atomic mass is 9.79. The number of nitrogens with two attached hydrogens (primary N) is 1. The number of aliphatic hydroxyl groups excluding tert-OH is 1. The van der Waals surface area contributed by atoms with Gasteiger partial charge in [0.15, 0.2) is 34.5 Å². The van der Waals surface area contributed by atoms with Crippen LogP contribution in [0.15, 0.2) is 36.4 Å². The van der Waals surface area contributed by atoms with Gasteiger partial charge in [0.25, 0.3) is 0 Å². The molecule has 3 saturated heterocycles. The molecule has 17 nitrogen and oxygen atoms in total. The normalized spacial score (nSPS) is 26.2. The maximum absolute atomic E-state index is 13.3. The first kappa shape index (κ1) is 72.9. The Kier molecular flexibility index (Phi) is 25.3. The lowest BCUT2D eigenvalue weighted by Gasteiger charge is -2.47. The molecule has 12 rings (SSSR count). The fourth-order valence-corrected chi connectivity index (χ4v) is 15.9. The third-order valence-electron chi connectivity index (χ3n) is 21.8. The Bertz CT molecular complexity index is 3000. The fraction of sp³-hybridized carbons (Fsp3) is 0.740. The highest BCUT2D eigenvalue weighted by atomic mass is 16.6. The van der Waals surface area contributed by atoms with Crippen molar-refractivity contribution in [3.05, 3.63) is 69.8 Å². The predicted molar refractivity (Wildman–Crippen MR) is 375 cm³/mol. The van der Waals surface area contributed by atoms with E-state index in [2.05, 4.69) is 97.9 Å². The molecule has 11 atom stereocenters. The van der Waals surface area contributed by atoms with Gasteiger partial charge in [-0.2, -0.15) is 0 Å². The molecule has 3 saturated carbocycles. The number of carbonyl (C=O) groups is 2. The third kappa shape index (κ3) is 19.1. The molecule has 3 aliphatic carbocycles. The van der Waals surface area contributed by atoms with E-state index in [1.165, 1.54) is 71.9 Å². The van der Waals surface area contributed by atoms with Crippen molar-refractivity contribution in [3.63, 3.8) is 0 Å². The van der Waals surface area contributed by atoms with Crippen molar-refractivity contribution < 1.29 is 57.6 Å². The zero-order chi connectivity index (χ0) is 67.9. The van der Waals surface area contributed by atoms with Crippen molar-refractivity contribution >= 4 is 19.0 Å². The number of carbonyl (C=O) groups excluding carboxylic acids is 2. The molecule has 95 heavy (non-hydrogen) atoms. The van der Waals surface area contributed by atoms with Gasteiger partial charge in [0, 0.05) is 82.1 Å². The molecule has 0 amide bonds. The molecule has 9 aliphatic rings. The second kappa shape index (κ2) is 32.9. The number of nitrogens with zero attached hydrogens (tertiary/aromatic N) is 3. The number of methoxy groups -OCH3 is 3. The van der Waals surface area contributed by atoms with Gasteiger partial charge in [0.1, 0.15) is 24.3 Å². The van der Waals surface area contributed by atoms with E-state index in [0.29, 0.717) is 47.5 Å². The van der Waals surface area contributed by atoms with Gasteiger partial charge in [-0.05, 0) is 213 Å². The number of rotatable bonds is 26. The Labute approximate surface area is 570 Å². The van der Waals surface area contributed by atoms with Crippen molar-refractivity contribution in [1.82, 2.24) is 19.9 Å². The van der Waals surface area contributed by atoms with Crippen LogP contribution in [0.5, 0.6) is 34.5 Å². The third-order valence-corrected chi connectivity index (χ3v) is 21.8. The SMILES string of the molecule is COc1cc2c(cc1OCC1CC1)CCN1C[C@@H](CC(C)C)[C@H](O)C[C@H]21.COc1cc2c(cc1OCC1CC1)CCN1C[C@@H](CC(C)C)[C@H](OC(=O)[C@@H](N)C(C)C)C[C@H]21.COc1cc2c(cc1OCC1CC1)CCN1C[C@@H](CC(C)C)[C@H](OC(=O)[C@@H](NB(C)O)C(C)C)C[C@H]21. The Balaban J connectivity index is 0.000000157. The number of nitrogens with one attached hydrogen (secondary N) is 1. The highest BCUT2D eigenvalue weighted by molar-refractivity contribution is 6.46.